The van der Waals surface area contributed by atoms with Gasteiger partial charge in [-0.3, -0.25) is 14.4 Å². The third kappa shape index (κ3) is 3.99. The maximum atomic E-state index is 11.5. The van der Waals surface area contributed by atoms with Crippen molar-refractivity contribution in [1.29, 1.82) is 0 Å². The van der Waals surface area contributed by atoms with Crippen LogP contribution in [0.4, 0.5) is 0 Å². The number of hydroxylamine groups is 1. The van der Waals surface area contributed by atoms with Gasteiger partial charge in [-0.1, -0.05) is 13.3 Å². The molecule has 0 atom stereocenters. The lowest BCUT2D eigenvalue weighted by Gasteiger charge is -2.06. The highest BCUT2D eigenvalue weighted by Crippen LogP contribution is 1.94. The number of aryl methyl sites for hydroxylation is 1. The molecule has 0 unspecified atom stereocenters. The lowest BCUT2D eigenvalue weighted by molar-refractivity contribution is 0.0358. The maximum absolute atomic E-state index is 11.5. The van der Waals surface area contributed by atoms with Gasteiger partial charge < -0.3 is 0 Å². The van der Waals surface area contributed by atoms with Crippen molar-refractivity contribution in [2.24, 2.45) is 0 Å². The van der Waals surface area contributed by atoms with Crippen LogP contribution in [-0.4, -0.2) is 22.3 Å². The normalized spacial score (nSPS) is 10.2. The highest BCUT2D eigenvalue weighted by molar-refractivity contribution is 5.91. The number of carbonyl (C=O) groups is 1. The Morgan fingerprint density at radius 2 is 2.24 bits per heavy atom. The molecule has 6 heteroatoms. The van der Waals surface area contributed by atoms with Crippen LogP contribution >= 0.6 is 0 Å². The van der Waals surface area contributed by atoms with Crippen molar-refractivity contribution in [1.82, 2.24) is 15.3 Å². The lowest BCUT2D eigenvalue weighted by Crippen LogP contribution is -2.29. The van der Waals surface area contributed by atoms with Crippen LogP contribution in [0.2, 0.25) is 0 Å². The van der Waals surface area contributed by atoms with Gasteiger partial charge in [0.2, 0.25) is 0 Å². The summed E-state index contributed by atoms with van der Waals surface area (Å²) >= 11 is 0. The Hall–Kier alpha value is -1.69. The fourth-order valence-corrected chi connectivity index (χ4v) is 1.23. The van der Waals surface area contributed by atoms with E-state index in [1.54, 1.807) is 6.92 Å². The van der Waals surface area contributed by atoms with Gasteiger partial charge in [-0.15, -0.1) is 0 Å². The number of nitrogens with zero attached hydrogens (tertiary/aromatic N) is 2. The van der Waals surface area contributed by atoms with Crippen molar-refractivity contribution < 1.29 is 9.63 Å². The summed E-state index contributed by atoms with van der Waals surface area (Å²) in [6.45, 7) is 4.68. The van der Waals surface area contributed by atoms with Crippen molar-refractivity contribution in [3.63, 3.8) is 0 Å². The first kappa shape index (κ1) is 13.4. The standard InChI is InChI=1S/C11H17N3O3/c1-3-5-8-14-10(15)7-6-9(12-14)11(16)13-17-4-2/h6-7H,3-5,8H2,1-2H3,(H,13,16). The molecule has 0 aliphatic heterocycles. The smallest absolute Gasteiger partial charge is 0.274 e. The van der Waals surface area contributed by atoms with E-state index in [0.29, 0.717) is 13.2 Å². The Bertz CT molecular complexity index is 428. The summed E-state index contributed by atoms with van der Waals surface area (Å²) in [6, 6.07) is 2.72. The largest absolute Gasteiger partial charge is 0.295 e. The van der Waals surface area contributed by atoms with E-state index in [9.17, 15) is 9.59 Å². The van der Waals surface area contributed by atoms with Gasteiger partial charge >= 0.3 is 0 Å². The summed E-state index contributed by atoms with van der Waals surface area (Å²) in [7, 11) is 0. The Balaban J connectivity index is 2.80. The topological polar surface area (TPSA) is 73.2 Å². The summed E-state index contributed by atoms with van der Waals surface area (Å²) in [5, 5.41) is 3.97. The molecule has 1 aromatic rings. The SMILES string of the molecule is CCCCn1nc(C(=O)NOCC)ccc1=O. The predicted octanol–water partition coefficient (Wildman–Crippen LogP) is 0.725. The monoisotopic (exact) mass is 239 g/mol. The lowest BCUT2D eigenvalue weighted by atomic mass is 10.3. The predicted molar refractivity (Wildman–Crippen MR) is 62.5 cm³/mol. The average Bonchev–Trinajstić information content (AvgIpc) is 2.35. The molecule has 0 fully saturated rings. The molecule has 0 saturated carbocycles. The zero-order valence-corrected chi connectivity index (χ0v) is 10.1. The first-order valence-corrected chi connectivity index (χ1v) is 5.69. The molecule has 1 aromatic heterocycles. The molecule has 0 aliphatic carbocycles. The molecule has 94 valence electrons. The third-order valence-corrected chi connectivity index (χ3v) is 2.13. The summed E-state index contributed by atoms with van der Waals surface area (Å²) < 4.78 is 1.30. The minimum atomic E-state index is -0.447. The number of hydrogen-bond acceptors (Lipinski definition) is 4. The van der Waals surface area contributed by atoms with E-state index in [4.69, 9.17) is 4.84 Å². The number of rotatable bonds is 6. The first-order chi connectivity index (χ1) is 8.19. The molecule has 0 radical (unpaired) electrons. The van der Waals surface area contributed by atoms with Crippen molar-refractivity contribution in [2.45, 2.75) is 33.2 Å². The highest BCUT2D eigenvalue weighted by Gasteiger charge is 2.08. The quantitative estimate of drug-likeness (QED) is 0.742. The second-order valence-electron chi connectivity index (χ2n) is 3.50. The number of nitrogens with one attached hydrogen (secondary N) is 1. The fourth-order valence-electron chi connectivity index (χ4n) is 1.23. The molecule has 0 saturated heterocycles. The van der Waals surface area contributed by atoms with E-state index in [2.05, 4.69) is 10.6 Å². The van der Waals surface area contributed by atoms with Crippen LogP contribution < -0.4 is 11.0 Å². The molecule has 0 aromatic carbocycles. The van der Waals surface area contributed by atoms with Gasteiger partial charge in [-0.25, -0.2) is 10.2 Å². The second kappa shape index (κ2) is 6.80. The minimum absolute atomic E-state index is 0.175. The van der Waals surface area contributed by atoms with Crippen LogP contribution in [0.5, 0.6) is 0 Å². The Labute approximate surface area is 99.5 Å². The average molecular weight is 239 g/mol. The fraction of sp³-hybridized carbons (Fsp3) is 0.545. The number of unbranched alkanes of at least 4 members (excludes halogenated alkanes) is 1. The zero-order valence-electron chi connectivity index (χ0n) is 10.1. The van der Waals surface area contributed by atoms with Crippen LogP contribution in [0.15, 0.2) is 16.9 Å². The van der Waals surface area contributed by atoms with Gasteiger partial charge in [0, 0.05) is 12.6 Å². The number of aromatic nitrogens is 2. The van der Waals surface area contributed by atoms with Crippen LogP contribution in [0.3, 0.4) is 0 Å². The molecule has 0 aliphatic rings. The molecule has 17 heavy (non-hydrogen) atoms. The van der Waals surface area contributed by atoms with E-state index in [0.717, 1.165) is 12.8 Å². The van der Waals surface area contributed by atoms with Gasteiger partial charge in [0.15, 0.2) is 5.69 Å². The van der Waals surface area contributed by atoms with E-state index >= 15 is 0 Å². The van der Waals surface area contributed by atoms with E-state index in [1.807, 2.05) is 6.92 Å². The van der Waals surface area contributed by atoms with E-state index < -0.39 is 5.91 Å². The van der Waals surface area contributed by atoms with Gasteiger partial charge in [0.05, 0.1) is 6.61 Å². The van der Waals surface area contributed by atoms with E-state index in [1.165, 1.54) is 16.8 Å². The number of hydrogen-bond donors (Lipinski definition) is 1. The molecular weight excluding hydrogens is 222 g/mol. The van der Waals surface area contributed by atoms with Gasteiger partial charge in [0.1, 0.15) is 0 Å². The van der Waals surface area contributed by atoms with E-state index in [-0.39, 0.29) is 11.3 Å². The Morgan fingerprint density at radius 3 is 2.88 bits per heavy atom. The van der Waals surface area contributed by atoms with Crippen molar-refractivity contribution in [2.75, 3.05) is 6.61 Å². The molecular formula is C11H17N3O3. The van der Waals surface area contributed by atoms with Crippen LogP contribution in [-0.2, 0) is 11.4 Å². The minimum Gasteiger partial charge on any atom is -0.274 e. The summed E-state index contributed by atoms with van der Waals surface area (Å²) in [4.78, 5) is 27.8. The molecule has 1 N–H and O–H groups in total. The van der Waals surface area contributed by atoms with Gasteiger partial charge in [-0.2, -0.15) is 5.10 Å². The molecule has 0 spiro atoms. The summed E-state index contributed by atoms with van der Waals surface area (Å²) in [5.41, 5.74) is 2.21. The van der Waals surface area contributed by atoms with Crippen LogP contribution in [0.1, 0.15) is 37.2 Å². The molecule has 6 nitrogen and oxygen atoms in total. The maximum Gasteiger partial charge on any atom is 0.295 e. The Kier molecular flexibility index (Phi) is 5.35. The summed E-state index contributed by atoms with van der Waals surface area (Å²) in [5.74, 6) is -0.447. The molecule has 1 rings (SSSR count). The Morgan fingerprint density at radius 1 is 1.47 bits per heavy atom. The van der Waals surface area contributed by atoms with Crippen molar-refractivity contribution in [3.05, 3.63) is 28.2 Å². The van der Waals surface area contributed by atoms with Crippen LogP contribution in [0.25, 0.3) is 0 Å². The van der Waals surface area contributed by atoms with Crippen LogP contribution in [0, 0.1) is 0 Å². The second-order valence-corrected chi connectivity index (χ2v) is 3.50. The number of amides is 1. The zero-order chi connectivity index (χ0) is 12.7. The highest BCUT2D eigenvalue weighted by atomic mass is 16.6. The molecule has 0 bridgehead atoms. The summed E-state index contributed by atoms with van der Waals surface area (Å²) in [6.07, 6.45) is 1.81. The number of carbonyl (C=O) groups excluding carboxylic acids is 1. The molecule has 1 amide bonds. The first-order valence-electron chi connectivity index (χ1n) is 5.69. The van der Waals surface area contributed by atoms with Crippen molar-refractivity contribution >= 4 is 5.91 Å². The van der Waals surface area contributed by atoms with Gasteiger partial charge in [-0.05, 0) is 19.4 Å². The molecule has 1 heterocycles. The van der Waals surface area contributed by atoms with Gasteiger partial charge in [0.25, 0.3) is 11.5 Å². The third-order valence-electron chi connectivity index (χ3n) is 2.13. The van der Waals surface area contributed by atoms with Crippen molar-refractivity contribution in [3.8, 4) is 0 Å².